The number of esters is 1. The molecule has 1 aromatic rings. The van der Waals surface area contributed by atoms with Crippen LogP contribution < -0.4 is 26.6 Å². The molecule has 1 atom stereocenters. The van der Waals surface area contributed by atoms with E-state index in [0.29, 0.717) is 5.69 Å². The maximum absolute atomic E-state index is 12.7. The van der Waals surface area contributed by atoms with Crippen LogP contribution >= 0.6 is 0 Å². The number of benzene rings is 1. The molecule has 0 unspecified atom stereocenters. The van der Waals surface area contributed by atoms with Crippen molar-refractivity contribution in [3.05, 3.63) is 29.8 Å². The van der Waals surface area contributed by atoms with E-state index in [4.69, 9.17) is 4.74 Å². The zero-order valence-electron chi connectivity index (χ0n) is 20.0. The highest BCUT2D eigenvalue weighted by atomic mass is 16.5. The minimum Gasteiger partial charge on any atom is -0.468 e. The molecule has 0 fully saturated rings. The maximum atomic E-state index is 12.7. The first-order chi connectivity index (χ1) is 16.5. The first kappa shape index (κ1) is 27.4. The van der Waals surface area contributed by atoms with Gasteiger partial charge in [-0.3, -0.25) is 34.1 Å². The van der Waals surface area contributed by atoms with Gasteiger partial charge in [0.25, 0.3) is 0 Å². The van der Waals surface area contributed by atoms with Gasteiger partial charge in [0.1, 0.15) is 6.04 Å². The highest BCUT2D eigenvalue weighted by Gasteiger charge is 2.33. The summed E-state index contributed by atoms with van der Waals surface area (Å²) >= 11 is 0. The van der Waals surface area contributed by atoms with E-state index in [0.717, 1.165) is 5.56 Å². The van der Waals surface area contributed by atoms with Gasteiger partial charge in [-0.2, -0.15) is 0 Å². The molecular weight excluding hydrogens is 458 g/mol. The van der Waals surface area contributed by atoms with Crippen LogP contribution in [-0.2, 0) is 39.9 Å². The Bertz CT molecular complexity index is 975. The summed E-state index contributed by atoms with van der Waals surface area (Å²) in [6.45, 7) is 2.09. The summed E-state index contributed by atoms with van der Waals surface area (Å²) in [5, 5.41) is 12.8. The molecule has 2 heterocycles. The molecular formula is C23H31N5O7. The van der Waals surface area contributed by atoms with Crippen LogP contribution in [0.15, 0.2) is 24.3 Å². The Kier molecular flexibility index (Phi) is 9.88. The number of hydrogen-bond acceptors (Lipinski definition) is 8. The lowest BCUT2D eigenvalue weighted by Gasteiger charge is -2.29. The van der Waals surface area contributed by atoms with E-state index in [1.165, 1.54) is 7.11 Å². The molecule has 0 aliphatic carbocycles. The monoisotopic (exact) mass is 489 g/mol. The highest BCUT2D eigenvalue weighted by molar-refractivity contribution is 5.95. The van der Waals surface area contributed by atoms with Crippen molar-refractivity contribution in [1.82, 2.24) is 21.3 Å². The van der Waals surface area contributed by atoms with Crippen molar-refractivity contribution < 1.29 is 33.5 Å². The van der Waals surface area contributed by atoms with Crippen molar-refractivity contribution in [2.24, 2.45) is 0 Å². The van der Waals surface area contributed by atoms with E-state index >= 15 is 0 Å². The van der Waals surface area contributed by atoms with Gasteiger partial charge in [-0.1, -0.05) is 12.1 Å². The number of Topliss-reactive ketones (excluding diaryl/α,β-unsaturated/α-hetero) is 1. The van der Waals surface area contributed by atoms with Crippen LogP contribution in [0.1, 0.15) is 32.3 Å². The zero-order chi connectivity index (χ0) is 26.0. The number of hydrogen-bond donors (Lipinski definition) is 5. The third-order valence-corrected chi connectivity index (χ3v) is 5.31. The number of carbonyl (C=O) groups excluding carboxylic acids is 6. The van der Waals surface area contributed by atoms with Gasteiger partial charge in [0.05, 0.1) is 32.3 Å². The Labute approximate surface area is 202 Å². The Morgan fingerprint density at radius 1 is 0.829 bits per heavy atom. The van der Waals surface area contributed by atoms with Crippen LogP contribution in [0, 0.1) is 0 Å². The van der Waals surface area contributed by atoms with Gasteiger partial charge in [0.2, 0.25) is 23.6 Å². The number of anilines is 1. The van der Waals surface area contributed by atoms with Gasteiger partial charge in [0, 0.05) is 18.5 Å². The lowest BCUT2D eigenvalue weighted by Crippen LogP contribution is -2.57. The summed E-state index contributed by atoms with van der Waals surface area (Å²) in [6, 6.07) is 5.90. The quantitative estimate of drug-likeness (QED) is 0.241. The van der Waals surface area contributed by atoms with E-state index in [9.17, 15) is 28.8 Å². The third kappa shape index (κ3) is 9.16. The van der Waals surface area contributed by atoms with Crippen LogP contribution in [0.3, 0.4) is 0 Å². The summed E-state index contributed by atoms with van der Waals surface area (Å²) in [4.78, 5) is 73.0. The molecule has 190 valence electrons. The summed E-state index contributed by atoms with van der Waals surface area (Å²) in [6.07, 6.45) is -0.00666. The van der Waals surface area contributed by atoms with Crippen molar-refractivity contribution >= 4 is 41.1 Å². The van der Waals surface area contributed by atoms with Crippen LogP contribution in [0.5, 0.6) is 0 Å². The smallest absolute Gasteiger partial charge is 0.323 e. The molecule has 2 aliphatic heterocycles. The summed E-state index contributed by atoms with van der Waals surface area (Å²) in [5.74, 6) is -3.04. The van der Waals surface area contributed by atoms with Gasteiger partial charge in [-0.05, 0) is 38.0 Å². The molecule has 4 amide bonds. The standard InChI is InChI=1S/C23H31N5O7/c1-23(2)17(29)11-24-20(32)13-26-21(33)12-25-18(30)8-9-19(31)27-15-6-4-14(5-7-15)10-16(28-23)22(34)35-3/h4-7,16,28H,8-13H2,1-3H3,(H,24,32)(H,25,30)(H,26,33)(H,27,31)/t16-/m0/s1. The van der Waals surface area contributed by atoms with Crippen LogP contribution in [0.25, 0.3) is 0 Å². The van der Waals surface area contributed by atoms with E-state index in [1.54, 1.807) is 38.1 Å². The molecule has 0 saturated heterocycles. The SMILES string of the molecule is COC(=O)[C@@H]1Cc2ccc(cc2)NC(=O)CCC(=O)NCC(=O)NCC(=O)NCC(=O)C(C)(C)N1. The predicted octanol–water partition coefficient (Wildman–Crippen LogP) is -1.21. The number of rotatable bonds is 1. The molecule has 12 heteroatoms. The molecule has 0 saturated carbocycles. The fraction of sp³-hybridized carbons (Fsp3) is 0.478. The second kappa shape index (κ2) is 12.6. The predicted molar refractivity (Wildman–Crippen MR) is 125 cm³/mol. The molecule has 0 spiro atoms. The number of amides is 4. The van der Waals surface area contributed by atoms with Gasteiger partial charge in [-0.15, -0.1) is 0 Å². The summed E-state index contributed by atoms with van der Waals surface area (Å²) in [5.41, 5.74) is 0.0686. The number of carbonyl (C=O) groups is 6. The maximum Gasteiger partial charge on any atom is 0.323 e. The van der Waals surface area contributed by atoms with Crippen molar-refractivity contribution in [3.8, 4) is 0 Å². The number of nitrogens with one attached hydrogen (secondary N) is 5. The minimum atomic E-state index is -1.19. The van der Waals surface area contributed by atoms with Crippen molar-refractivity contribution in [1.29, 1.82) is 0 Å². The normalized spacial score (nSPS) is 20.9. The fourth-order valence-corrected chi connectivity index (χ4v) is 3.23. The van der Waals surface area contributed by atoms with E-state index in [2.05, 4.69) is 26.6 Å². The van der Waals surface area contributed by atoms with Crippen molar-refractivity contribution in [2.75, 3.05) is 32.1 Å². The van der Waals surface area contributed by atoms with Gasteiger partial charge in [-0.25, -0.2) is 0 Å². The molecule has 0 radical (unpaired) electrons. The van der Waals surface area contributed by atoms with Crippen molar-refractivity contribution in [3.63, 3.8) is 0 Å². The topological polar surface area (TPSA) is 172 Å². The lowest BCUT2D eigenvalue weighted by molar-refractivity contribution is -0.144. The second-order valence-electron chi connectivity index (χ2n) is 8.55. The van der Waals surface area contributed by atoms with Crippen molar-refractivity contribution in [2.45, 2.75) is 44.7 Å². The molecule has 12 nitrogen and oxygen atoms in total. The minimum absolute atomic E-state index is 0.0882. The third-order valence-electron chi connectivity index (χ3n) is 5.31. The molecule has 0 aromatic heterocycles. The first-order valence-corrected chi connectivity index (χ1v) is 11.1. The molecule has 1 aromatic carbocycles. The summed E-state index contributed by atoms with van der Waals surface area (Å²) in [7, 11) is 1.24. The average molecular weight is 490 g/mol. The largest absolute Gasteiger partial charge is 0.468 e. The van der Waals surface area contributed by atoms with E-state index in [-0.39, 0.29) is 38.3 Å². The van der Waals surface area contributed by atoms with Crippen LogP contribution in [0.4, 0.5) is 5.69 Å². The highest BCUT2D eigenvalue weighted by Crippen LogP contribution is 2.15. The number of ketones is 1. The van der Waals surface area contributed by atoms with Gasteiger partial charge in [0.15, 0.2) is 5.78 Å². The number of fused-ring (bicyclic) bond motifs is 19. The second-order valence-corrected chi connectivity index (χ2v) is 8.55. The van der Waals surface area contributed by atoms with E-state index < -0.39 is 47.6 Å². The Morgan fingerprint density at radius 2 is 1.37 bits per heavy atom. The number of ether oxygens (including phenoxy) is 1. The van der Waals surface area contributed by atoms with Crippen LogP contribution in [0.2, 0.25) is 0 Å². The van der Waals surface area contributed by atoms with Gasteiger partial charge < -0.3 is 26.0 Å². The zero-order valence-corrected chi connectivity index (χ0v) is 20.0. The molecule has 3 rings (SSSR count). The van der Waals surface area contributed by atoms with Gasteiger partial charge >= 0.3 is 5.97 Å². The molecule has 2 aliphatic rings. The Hall–Kier alpha value is -3.80. The van der Waals surface area contributed by atoms with Crippen LogP contribution in [-0.4, -0.2) is 73.7 Å². The average Bonchev–Trinajstić information content (AvgIpc) is 2.82. The molecule has 35 heavy (non-hydrogen) atoms. The Balaban J connectivity index is 2.21. The first-order valence-electron chi connectivity index (χ1n) is 11.1. The molecule has 5 N–H and O–H groups in total. The molecule has 2 bridgehead atoms. The number of methoxy groups -OCH3 is 1. The fourth-order valence-electron chi connectivity index (χ4n) is 3.23. The lowest BCUT2D eigenvalue weighted by atomic mass is 9.95. The summed E-state index contributed by atoms with van der Waals surface area (Å²) < 4.78 is 4.88. The Morgan fingerprint density at radius 3 is 1.97 bits per heavy atom. The van der Waals surface area contributed by atoms with E-state index in [1.807, 2.05) is 0 Å².